The van der Waals surface area contributed by atoms with E-state index in [4.69, 9.17) is 4.74 Å². The van der Waals surface area contributed by atoms with Crippen molar-refractivity contribution in [2.75, 3.05) is 13.1 Å². The second-order valence-electron chi connectivity index (χ2n) is 8.71. The Labute approximate surface area is 182 Å². The third-order valence-corrected chi connectivity index (χ3v) is 5.88. The Morgan fingerprint density at radius 1 is 1.06 bits per heavy atom. The Bertz CT molecular complexity index is 1050. The van der Waals surface area contributed by atoms with Crippen LogP contribution in [0.2, 0.25) is 0 Å². The number of hydrogen-bond acceptors (Lipinski definition) is 5. The van der Waals surface area contributed by atoms with Crippen molar-refractivity contribution in [3.8, 4) is 22.5 Å². The van der Waals surface area contributed by atoms with Gasteiger partial charge in [0.05, 0.1) is 12.2 Å². The van der Waals surface area contributed by atoms with Crippen LogP contribution in [-0.2, 0) is 11.3 Å². The molecule has 0 bridgehead atoms. The molecule has 2 aliphatic rings. The van der Waals surface area contributed by atoms with Gasteiger partial charge in [0, 0.05) is 67.3 Å². The lowest BCUT2D eigenvalue weighted by Crippen LogP contribution is -2.48. The highest BCUT2D eigenvalue weighted by Crippen LogP contribution is 2.33. The smallest absolute Gasteiger partial charge is 0.270 e. The third kappa shape index (κ3) is 4.37. The molecule has 2 fully saturated rings. The van der Waals surface area contributed by atoms with E-state index >= 15 is 0 Å². The molecule has 0 spiro atoms. The summed E-state index contributed by atoms with van der Waals surface area (Å²) >= 11 is 0. The van der Waals surface area contributed by atoms with Crippen LogP contribution in [0, 0.1) is 5.92 Å². The van der Waals surface area contributed by atoms with Gasteiger partial charge in [-0.2, -0.15) is 0 Å². The first-order valence-corrected chi connectivity index (χ1v) is 10.9. The first-order valence-electron chi connectivity index (χ1n) is 10.9. The minimum atomic E-state index is 0.0486. The summed E-state index contributed by atoms with van der Waals surface area (Å²) < 4.78 is 7.93. The Hall–Kier alpha value is -3.06. The molecular weight excluding hydrogens is 390 g/mol. The van der Waals surface area contributed by atoms with Crippen LogP contribution in [0.3, 0.4) is 0 Å². The zero-order valence-electron chi connectivity index (χ0n) is 17.9. The summed E-state index contributed by atoms with van der Waals surface area (Å²) in [5.41, 5.74) is 3.49. The summed E-state index contributed by atoms with van der Waals surface area (Å²) in [5, 5.41) is 0. The number of rotatable bonds is 5. The predicted octanol–water partition coefficient (Wildman–Crippen LogP) is 3.67. The highest BCUT2D eigenvalue weighted by Gasteiger charge is 2.30. The molecule has 1 aliphatic carbocycles. The standard InChI is InChI=1S/C24H27N5O2/c1-16-12-29(13-17(2)31-16)24(30)22-8-20(15-28(22)14-18-5-6-18)21-10-26-23(27-11-21)19-4-3-7-25-9-19/h3-4,7-11,15-18H,5-6,12-14H2,1-2H3/t16-,17-/m1/s1. The van der Waals surface area contributed by atoms with Gasteiger partial charge in [0.2, 0.25) is 0 Å². The van der Waals surface area contributed by atoms with E-state index in [1.54, 1.807) is 12.4 Å². The monoisotopic (exact) mass is 417 g/mol. The van der Waals surface area contributed by atoms with Gasteiger partial charge in [0.1, 0.15) is 5.69 Å². The van der Waals surface area contributed by atoms with Crippen molar-refractivity contribution in [3.63, 3.8) is 0 Å². The number of carbonyl (C=O) groups excluding carboxylic acids is 1. The molecular formula is C24H27N5O2. The van der Waals surface area contributed by atoms with Gasteiger partial charge in [-0.3, -0.25) is 9.78 Å². The predicted molar refractivity (Wildman–Crippen MR) is 117 cm³/mol. The average molecular weight is 418 g/mol. The van der Waals surface area contributed by atoms with Crippen molar-refractivity contribution < 1.29 is 9.53 Å². The normalized spacial score (nSPS) is 21.3. The van der Waals surface area contributed by atoms with Crippen molar-refractivity contribution in [3.05, 3.63) is 54.9 Å². The maximum Gasteiger partial charge on any atom is 0.270 e. The fraction of sp³-hybridized carbons (Fsp3) is 0.417. The van der Waals surface area contributed by atoms with Gasteiger partial charge in [-0.05, 0) is 50.8 Å². The highest BCUT2D eigenvalue weighted by molar-refractivity contribution is 5.94. The summed E-state index contributed by atoms with van der Waals surface area (Å²) in [6.45, 7) is 6.16. The lowest BCUT2D eigenvalue weighted by atomic mass is 10.1. The second kappa shape index (κ2) is 8.23. The van der Waals surface area contributed by atoms with E-state index in [9.17, 15) is 4.79 Å². The van der Waals surface area contributed by atoms with E-state index in [0.29, 0.717) is 24.8 Å². The van der Waals surface area contributed by atoms with Gasteiger partial charge in [-0.15, -0.1) is 0 Å². The fourth-order valence-corrected chi connectivity index (χ4v) is 4.20. The van der Waals surface area contributed by atoms with E-state index < -0.39 is 0 Å². The molecule has 0 radical (unpaired) electrons. The van der Waals surface area contributed by atoms with E-state index in [1.807, 2.05) is 49.3 Å². The van der Waals surface area contributed by atoms with Gasteiger partial charge in [0.15, 0.2) is 5.82 Å². The van der Waals surface area contributed by atoms with Crippen molar-refractivity contribution in [1.29, 1.82) is 0 Å². The Morgan fingerprint density at radius 3 is 2.45 bits per heavy atom. The molecule has 0 aromatic carbocycles. The maximum atomic E-state index is 13.4. The van der Waals surface area contributed by atoms with Crippen molar-refractivity contribution in [2.45, 2.75) is 45.4 Å². The quantitative estimate of drug-likeness (QED) is 0.633. The van der Waals surface area contributed by atoms with Crippen molar-refractivity contribution in [2.24, 2.45) is 5.92 Å². The molecule has 31 heavy (non-hydrogen) atoms. The van der Waals surface area contributed by atoms with Crippen LogP contribution in [-0.4, -0.2) is 55.6 Å². The van der Waals surface area contributed by atoms with Gasteiger partial charge in [-0.25, -0.2) is 9.97 Å². The number of hydrogen-bond donors (Lipinski definition) is 0. The number of ether oxygens (including phenoxy) is 1. The maximum absolute atomic E-state index is 13.4. The van der Waals surface area contributed by atoms with Gasteiger partial charge < -0.3 is 14.2 Å². The van der Waals surface area contributed by atoms with Crippen molar-refractivity contribution >= 4 is 5.91 Å². The fourth-order valence-electron chi connectivity index (χ4n) is 4.20. The molecule has 0 N–H and O–H groups in total. The van der Waals surface area contributed by atoms with E-state index in [-0.39, 0.29) is 18.1 Å². The number of morpholine rings is 1. The average Bonchev–Trinajstić information content (AvgIpc) is 3.50. The molecule has 1 saturated heterocycles. The zero-order chi connectivity index (χ0) is 21.4. The second-order valence-corrected chi connectivity index (χ2v) is 8.71. The zero-order valence-corrected chi connectivity index (χ0v) is 17.9. The topological polar surface area (TPSA) is 73.1 Å². The molecule has 3 aromatic rings. The molecule has 1 aliphatic heterocycles. The van der Waals surface area contributed by atoms with Crippen molar-refractivity contribution in [1.82, 2.24) is 24.4 Å². The summed E-state index contributed by atoms with van der Waals surface area (Å²) in [7, 11) is 0. The van der Waals surface area contributed by atoms with Crippen LogP contribution in [0.25, 0.3) is 22.5 Å². The van der Waals surface area contributed by atoms with Gasteiger partial charge in [0.25, 0.3) is 5.91 Å². The number of nitrogens with zero attached hydrogens (tertiary/aromatic N) is 5. The Balaban J connectivity index is 1.43. The van der Waals surface area contributed by atoms with E-state index in [0.717, 1.165) is 28.9 Å². The first kappa shape index (κ1) is 19.9. The van der Waals surface area contributed by atoms with Crippen LogP contribution < -0.4 is 0 Å². The molecule has 1 amide bonds. The van der Waals surface area contributed by atoms with E-state index in [1.165, 1.54) is 12.8 Å². The lowest BCUT2D eigenvalue weighted by molar-refractivity contribution is -0.0588. The highest BCUT2D eigenvalue weighted by atomic mass is 16.5. The molecule has 2 atom stereocenters. The number of carbonyl (C=O) groups is 1. The summed E-state index contributed by atoms with van der Waals surface area (Å²) in [4.78, 5) is 28.5. The first-order chi connectivity index (χ1) is 15.1. The number of pyridine rings is 1. The third-order valence-electron chi connectivity index (χ3n) is 5.88. The van der Waals surface area contributed by atoms with Crippen LogP contribution in [0.5, 0.6) is 0 Å². The van der Waals surface area contributed by atoms with Gasteiger partial charge >= 0.3 is 0 Å². The number of amides is 1. The molecule has 3 aromatic heterocycles. The lowest BCUT2D eigenvalue weighted by Gasteiger charge is -2.35. The minimum Gasteiger partial charge on any atom is -0.372 e. The van der Waals surface area contributed by atoms with Crippen LogP contribution in [0.1, 0.15) is 37.2 Å². The van der Waals surface area contributed by atoms with Crippen LogP contribution >= 0.6 is 0 Å². The summed E-state index contributed by atoms with van der Waals surface area (Å²) in [6, 6.07) is 5.79. The molecule has 7 nitrogen and oxygen atoms in total. The van der Waals surface area contributed by atoms with Gasteiger partial charge in [-0.1, -0.05) is 0 Å². The number of aromatic nitrogens is 4. The largest absolute Gasteiger partial charge is 0.372 e. The summed E-state index contributed by atoms with van der Waals surface area (Å²) in [6.07, 6.45) is 11.8. The molecule has 4 heterocycles. The molecule has 5 rings (SSSR count). The molecule has 7 heteroatoms. The summed E-state index contributed by atoms with van der Waals surface area (Å²) in [5.74, 6) is 1.38. The molecule has 0 unspecified atom stereocenters. The van der Waals surface area contributed by atoms with Crippen LogP contribution in [0.15, 0.2) is 49.2 Å². The van der Waals surface area contributed by atoms with E-state index in [2.05, 4.69) is 25.7 Å². The SMILES string of the molecule is C[C@@H]1CN(C(=O)c2cc(-c3cnc(-c4cccnc4)nc3)cn2CC2CC2)C[C@@H](C)O1. The molecule has 160 valence electrons. The van der Waals surface area contributed by atoms with Crippen LogP contribution in [0.4, 0.5) is 0 Å². The minimum absolute atomic E-state index is 0.0486. The Morgan fingerprint density at radius 2 is 1.81 bits per heavy atom. The molecule has 1 saturated carbocycles. The Kier molecular flexibility index (Phi) is 5.28.